The molecule has 2 nitrogen and oxygen atoms in total. The van der Waals surface area contributed by atoms with Gasteiger partial charge in [-0.3, -0.25) is 4.79 Å². The van der Waals surface area contributed by atoms with Crippen molar-refractivity contribution in [2.75, 3.05) is 5.32 Å². The van der Waals surface area contributed by atoms with E-state index in [1.54, 1.807) is 17.4 Å². The molecular weight excluding hydrogens is 314 g/mol. The molecule has 116 valence electrons. The summed E-state index contributed by atoms with van der Waals surface area (Å²) in [5.41, 5.74) is 3.18. The molecule has 1 N–H and O–H groups in total. The number of nitrogens with one attached hydrogen (secondary N) is 1. The Morgan fingerprint density at radius 1 is 1.41 bits per heavy atom. The number of hydrogen-bond acceptors (Lipinski definition) is 2. The summed E-state index contributed by atoms with van der Waals surface area (Å²) in [4.78, 5) is 14.7. The van der Waals surface area contributed by atoms with Crippen molar-refractivity contribution in [3.8, 4) is 0 Å². The fourth-order valence-corrected chi connectivity index (χ4v) is 4.34. The van der Waals surface area contributed by atoms with E-state index in [0.717, 1.165) is 34.9 Å². The van der Waals surface area contributed by atoms with Crippen molar-refractivity contribution in [2.45, 2.75) is 39.5 Å². The first-order valence-corrected chi connectivity index (χ1v) is 8.95. The van der Waals surface area contributed by atoms with Gasteiger partial charge in [-0.05, 0) is 67.5 Å². The van der Waals surface area contributed by atoms with Crippen molar-refractivity contribution in [1.29, 1.82) is 0 Å². The molecule has 1 aromatic carbocycles. The molecule has 22 heavy (non-hydrogen) atoms. The van der Waals surface area contributed by atoms with E-state index in [4.69, 9.17) is 11.6 Å². The van der Waals surface area contributed by atoms with Crippen molar-refractivity contribution < 1.29 is 4.79 Å². The van der Waals surface area contributed by atoms with Gasteiger partial charge in [0.2, 0.25) is 0 Å². The summed E-state index contributed by atoms with van der Waals surface area (Å²) >= 11 is 7.60. The Balaban J connectivity index is 1.77. The van der Waals surface area contributed by atoms with Gasteiger partial charge < -0.3 is 5.32 Å². The fraction of sp³-hybridized carbons (Fsp3) is 0.389. The zero-order valence-corrected chi connectivity index (χ0v) is 14.5. The van der Waals surface area contributed by atoms with E-state index < -0.39 is 0 Å². The van der Waals surface area contributed by atoms with Crippen LogP contribution in [-0.4, -0.2) is 5.91 Å². The maximum absolute atomic E-state index is 12.5. The summed E-state index contributed by atoms with van der Waals surface area (Å²) < 4.78 is 0. The molecule has 0 saturated carbocycles. The van der Waals surface area contributed by atoms with Crippen LogP contribution in [0, 0.1) is 12.8 Å². The number of thiophene rings is 1. The Hall–Kier alpha value is -1.32. The molecule has 0 fully saturated rings. The standard InChI is InChI=1S/C18H20ClNOS/c1-3-12-4-7-16-13(9-12)10-17(22-16)18(21)20-15-6-5-14(19)8-11(15)2/h5-6,8,10,12H,3-4,7,9H2,1-2H3,(H,20,21)/t12-/m1/s1. The van der Waals surface area contributed by atoms with Crippen molar-refractivity contribution in [3.05, 3.63) is 50.2 Å². The lowest BCUT2D eigenvalue weighted by Gasteiger charge is -2.19. The number of amides is 1. The van der Waals surface area contributed by atoms with Crippen LogP contribution in [0.25, 0.3) is 0 Å². The highest BCUT2D eigenvalue weighted by Gasteiger charge is 2.22. The lowest BCUT2D eigenvalue weighted by atomic mass is 9.87. The molecule has 1 aliphatic carbocycles. The van der Waals surface area contributed by atoms with E-state index >= 15 is 0 Å². The van der Waals surface area contributed by atoms with Crippen LogP contribution < -0.4 is 5.32 Å². The Kier molecular flexibility index (Phi) is 4.55. The van der Waals surface area contributed by atoms with Gasteiger partial charge in [-0.15, -0.1) is 11.3 Å². The van der Waals surface area contributed by atoms with Gasteiger partial charge >= 0.3 is 0 Å². The lowest BCUT2D eigenvalue weighted by molar-refractivity contribution is 0.103. The first kappa shape index (κ1) is 15.6. The van der Waals surface area contributed by atoms with Crippen LogP contribution in [0.5, 0.6) is 0 Å². The number of halogens is 1. The average Bonchev–Trinajstić information content (AvgIpc) is 2.93. The zero-order chi connectivity index (χ0) is 15.7. The third-order valence-electron chi connectivity index (χ3n) is 4.42. The van der Waals surface area contributed by atoms with Crippen LogP contribution in [-0.2, 0) is 12.8 Å². The second-order valence-electron chi connectivity index (χ2n) is 5.99. The highest BCUT2D eigenvalue weighted by Crippen LogP contribution is 2.34. The SMILES string of the molecule is CC[C@@H]1CCc2sc(C(=O)Nc3ccc(Cl)cc3C)cc2C1. The molecule has 1 heterocycles. The molecule has 0 bridgehead atoms. The van der Waals surface area contributed by atoms with Crippen LogP contribution in [0.3, 0.4) is 0 Å². The minimum Gasteiger partial charge on any atom is -0.321 e. The monoisotopic (exact) mass is 333 g/mol. The molecular formula is C18H20ClNOS. The van der Waals surface area contributed by atoms with Crippen molar-refractivity contribution in [2.24, 2.45) is 5.92 Å². The summed E-state index contributed by atoms with van der Waals surface area (Å²) in [6.45, 7) is 4.20. The van der Waals surface area contributed by atoms with Gasteiger partial charge in [0, 0.05) is 15.6 Å². The summed E-state index contributed by atoms with van der Waals surface area (Å²) in [6, 6.07) is 7.61. The third kappa shape index (κ3) is 3.21. The molecule has 2 aromatic rings. The summed E-state index contributed by atoms with van der Waals surface area (Å²) in [6.07, 6.45) is 4.71. The van der Waals surface area contributed by atoms with Gasteiger partial charge in [-0.2, -0.15) is 0 Å². The lowest BCUT2D eigenvalue weighted by Crippen LogP contribution is -2.11. The third-order valence-corrected chi connectivity index (χ3v) is 5.89. The number of carbonyl (C=O) groups is 1. The predicted octanol–water partition coefficient (Wildman–Crippen LogP) is 5.48. The molecule has 0 unspecified atom stereocenters. The molecule has 3 rings (SSSR count). The summed E-state index contributed by atoms with van der Waals surface area (Å²) in [5, 5.41) is 3.69. The molecule has 1 atom stereocenters. The molecule has 1 aromatic heterocycles. The molecule has 0 spiro atoms. The van der Waals surface area contributed by atoms with Crippen molar-refractivity contribution in [3.63, 3.8) is 0 Å². The van der Waals surface area contributed by atoms with Crippen molar-refractivity contribution in [1.82, 2.24) is 0 Å². The Morgan fingerprint density at radius 2 is 2.23 bits per heavy atom. The van der Waals surface area contributed by atoms with E-state index in [1.807, 2.05) is 19.1 Å². The van der Waals surface area contributed by atoms with Crippen LogP contribution in [0.15, 0.2) is 24.3 Å². The minimum atomic E-state index is -0.0159. The number of rotatable bonds is 3. The largest absolute Gasteiger partial charge is 0.321 e. The van der Waals surface area contributed by atoms with E-state index in [9.17, 15) is 4.79 Å². The van der Waals surface area contributed by atoms with Crippen LogP contribution in [0.2, 0.25) is 5.02 Å². The number of benzene rings is 1. The van der Waals surface area contributed by atoms with Crippen LogP contribution in [0.1, 0.15) is 45.4 Å². The molecule has 0 aliphatic heterocycles. The normalized spacial score (nSPS) is 17.1. The van der Waals surface area contributed by atoms with Gasteiger partial charge in [0.25, 0.3) is 5.91 Å². The molecule has 1 amide bonds. The second-order valence-corrected chi connectivity index (χ2v) is 7.56. The Labute approximate surface area is 140 Å². The van der Waals surface area contributed by atoms with E-state index in [0.29, 0.717) is 5.02 Å². The maximum atomic E-state index is 12.5. The summed E-state index contributed by atoms with van der Waals surface area (Å²) in [5.74, 6) is 0.759. The van der Waals surface area contributed by atoms with Crippen molar-refractivity contribution >= 4 is 34.5 Å². The second kappa shape index (κ2) is 6.43. The number of hydrogen-bond donors (Lipinski definition) is 1. The average molecular weight is 334 g/mol. The highest BCUT2D eigenvalue weighted by molar-refractivity contribution is 7.14. The Bertz CT molecular complexity index is 707. The van der Waals surface area contributed by atoms with Gasteiger partial charge in [-0.1, -0.05) is 24.9 Å². The van der Waals surface area contributed by atoms with E-state index in [1.165, 1.54) is 23.3 Å². The topological polar surface area (TPSA) is 29.1 Å². The molecule has 0 saturated heterocycles. The van der Waals surface area contributed by atoms with Gasteiger partial charge in [0.15, 0.2) is 0 Å². The van der Waals surface area contributed by atoms with Gasteiger partial charge in [-0.25, -0.2) is 0 Å². The zero-order valence-electron chi connectivity index (χ0n) is 12.9. The van der Waals surface area contributed by atoms with E-state index in [2.05, 4.69) is 18.3 Å². The number of anilines is 1. The quantitative estimate of drug-likeness (QED) is 0.792. The predicted molar refractivity (Wildman–Crippen MR) is 94.3 cm³/mol. The van der Waals surface area contributed by atoms with Crippen LogP contribution in [0.4, 0.5) is 5.69 Å². The summed E-state index contributed by atoms with van der Waals surface area (Å²) in [7, 11) is 0. The smallest absolute Gasteiger partial charge is 0.265 e. The first-order valence-electron chi connectivity index (χ1n) is 7.76. The first-order chi connectivity index (χ1) is 10.6. The minimum absolute atomic E-state index is 0.0159. The molecule has 1 aliphatic rings. The van der Waals surface area contributed by atoms with E-state index in [-0.39, 0.29) is 5.91 Å². The molecule has 0 radical (unpaired) electrons. The fourth-order valence-electron chi connectivity index (χ4n) is 3.01. The maximum Gasteiger partial charge on any atom is 0.265 e. The number of aryl methyl sites for hydroxylation is 2. The molecule has 4 heteroatoms. The Morgan fingerprint density at radius 3 is 2.95 bits per heavy atom. The number of carbonyl (C=O) groups excluding carboxylic acids is 1. The highest BCUT2D eigenvalue weighted by atomic mass is 35.5. The van der Waals surface area contributed by atoms with Gasteiger partial charge in [0.05, 0.1) is 4.88 Å². The number of fused-ring (bicyclic) bond motifs is 1. The van der Waals surface area contributed by atoms with Crippen LogP contribution >= 0.6 is 22.9 Å². The van der Waals surface area contributed by atoms with Gasteiger partial charge in [0.1, 0.15) is 0 Å².